The summed E-state index contributed by atoms with van der Waals surface area (Å²) < 4.78 is 28.2. The topological polar surface area (TPSA) is 62.3 Å². The third-order valence-electron chi connectivity index (χ3n) is 3.61. The number of sulfonamides is 1. The Bertz CT molecular complexity index is 795. The van der Waals surface area contributed by atoms with E-state index in [0.29, 0.717) is 17.6 Å². The molecule has 22 heavy (non-hydrogen) atoms. The number of benzene rings is 1. The lowest BCUT2D eigenvalue weighted by Crippen LogP contribution is -2.39. The van der Waals surface area contributed by atoms with Crippen LogP contribution >= 0.6 is 15.9 Å². The van der Waals surface area contributed by atoms with Crippen LogP contribution in [0.5, 0.6) is 0 Å². The van der Waals surface area contributed by atoms with Crippen LogP contribution in [0.3, 0.4) is 0 Å². The summed E-state index contributed by atoms with van der Waals surface area (Å²) in [5.41, 5.74) is 1.69. The van der Waals surface area contributed by atoms with Crippen LogP contribution in [0.2, 0.25) is 0 Å². The van der Waals surface area contributed by atoms with Gasteiger partial charge in [-0.3, -0.25) is 9.29 Å². The number of pyridine rings is 1. The molecule has 2 aromatic rings. The van der Waals surface area contributed by atoms with E-state index in [2.05, 4.69) is 26.2 Å². The summed E-state index contributed by atoms with van der Waals surface area (Å²) in [6, 6.07) is 9.20. The maximum Gasteiger partial charge on any atom is 0.265 e. The number of nitrogens with one attached hydrogen (secondary N) is 1. The van der Waals surface area contributed by atoms with E-state index in [9.17, 15) is 8.42 Å². The summed E-state index contributed by atoms with van der Waals surface area (Å²) in [6.07, 6.45) is 2.95. The van der Waals surface area contributed by atoms with Crippen LogP contribution in [-0.4, -0.2) is 26.0 Å². The van der Waals surface area contributed by atoms with Crippen molar-refractivity contribution in [3.63, 3.8) is 0 Å². The molecule has 7 heteroatoms. The second-order valence-electron chi connectivity index (χ2n) is 5.29. The van der Waals surface area contributed by atoms with Gasteiger partial charge in [0, 0.05) is 36.0 Å². The van der Waals surface area contributed by atoms with Crippen molar-refractivity contribution in [1.82, 2.24) is 10.3 Å². The van der Waals surface area contributed by atoms with Gasteiger partial charge in [0.25, 0.3) is 10.0 Å². The highest BCUT2D eigenvalue weighted by molar-refractivity contribution is 9.10. The minimum atomic E-state index is -3.65. The van der Waals surface area contributed by atoms with Crippen LogP contribution in [0.25, 0.3) is 0 Å². The number of para-hydroxylation sites is 1. The van der Waals surface area contributed by atoms with Crippen LogP contribution in [0, 0.1) is 0 Å². The Kier molecular flexibility index (Phi) is 4.20. The second kappa shape index (κ2) is 5.98. The Labute approximate surface area is 138 Å². The predicted molar refractivity (Wildman–Crippen MR) is 89.2 cm³/mol. The molecule has 2 heterocycles. The van der Waals surface area contributed by atoms with Crippen molar-refractivity contribution in [1.29, 1.82) is 0 Å². The quantitative estimate of drug-likeness (QED) is 0.867. The molecule has 0 fully saturated rings. The number of nitrogens with zero attached hydrogens (tertiary/aromatic N) is 2. The highest BCUT2D eigenvalue weighted by Gasteiger charge is 2.30. The minimum Gasteiger partial charge on any atom is -0.308 e. The molecule has 1 aliphatic heterocycles. The molecule has 1 N–H and O–H groups in total. The van der Waals surface area contributed by atoms with Crippen LogP contribution in [0.15, 0.2) is 52.1 Å². The van der Waals surface area contributed by atoms with Crippen molar-refractivity contribution < 1.29 is 8.42 Å². The molecule has 3 rings (SSSR count). The summed E-state index contributed by atoms with van der Waals surface area (Å²) in [7, 11) is -3.65. The molecule has 1 aliphatic rings. The first-order chi connectivity index (χ1) is 10.5. The van der Waals surface area contributed by atoms with Gasteiger partial charge in [-0.05, 0) is 40.5 Å². The van der Waals surface area contributed by atoms with Crippen molar-refractivity contribution in [2.45, 2.75) is 24.4 Å². The van der Waals surface area contributed by atoms with E-state index in [-0.39, 0.29) is 10.9 Å². The zero-order chi connectivity index (χ0) is 15.7. The molecule has 1 aromatic carbocycles. The van der Waals surface area contributed by atoms with E-state index in [0.717, 1.165) is 11.3 Å². The first-order valence-electron chi connectivity index (χ1n) is 6.93. The van der Waals surface area contributed by atoms with Gasteiger partial charge in [-0.1, -0.05) is 18.2 Å². The number of halogens is 1. The average molecular weight is 382 g/mol. The van der Waals surface area contributed by atoms with E-state index in [1.54, 1.807) is 12.3 Å². The zero-order valence-corrected chi connectivity index (χ0v) is 14.4. The van der Waals surface area contributed by atoms with Crippen molar-refractivity contribution in [3.8, 4) is 0 Å². The van der Waals surface area contributed by atoms with E-state index in [1.807, 2.05) is 31.2 Å². The number of fused-ring (bicyclic) bond motifs is 1. The molecule has 0 radical (unpaired) electrons. The largest absolute Gasteiger partial charge is 0.308 e. The van der Waals surface area contributed by atoms with Gasteiger partial charge in [-0.2, -0.15) is 0 Å². The van der Waals surface area contributed by atoms with Gasteiger partial charge in [0.15, 0.2) is 0 Å². The molecule has 1 aromatic heterocycles. The van der Waals surface area contributed by atoms with Crippen molar-refractivity contribution in [2.24, 2.45) is 0 Å². The molecule has 5 nitrogen and oxygen atoms in total. The zero-order valence-electron chi connectivity index (χ0n) is 12.0. The molecular weight excluding hydrogens is 366 g/mol. The van der Waals surface area contributed by atoms with Gasteiger partial charge in [0.05, 0.1) is 5.69 Å². The van der Waals surface area contributed by atoms with Crippen LogP contribution in [-0.2, 0) is 16.6 Å². The molecule has 0 saturated heterocycles. The van der Waals surface area contributed by atoms with Gasteiger partial charge in [0.2, 0.25) is 0 Å². The fourth-order valence-corrected chi connectivity index (χ4v) is 4.59. The smallest absolute Gasteiger partial charge is 0.265 e. The third-order valence-corrected chi connectivity index (χ3v) is 5.79. The predicted octanol–water partition coefficient (Wildman–Crippen LogP) is 2.53. The highest BCUT2D eigenvalue weighted by Crippen LogP contribution is 2.29. The van der Waals surface area contributed by atoms with Crippen molar-refractivity contribution in [2.75, 3.05) is 10.8 Å². The lowest BCUT2D eigenvalue weighted by molar-refractivity contribution is 0.556. The Hall–Kier alpha value is -1.44. The van der Waals surface area contributed by atoms with Gasteiger partial charge in [-0.25, -0.2) is 8.42 Å². The van der Waals surface area contributed by atoms with Gasteiger partial charge in [0.1, 0.15) is 4.90 Å². The fourth-order valence-electron chi connectivity index (χ4n) is 2.49. The molecule has 1 atom stereocenters. The Morgan fingerprint density at radius 3 is 2.86 bits per heavy atom. The first kappa shape index (κ1) is 15.5. The van der Waals surface area contributed by atoms with E-state index in [4.69, 9.17) is 0 Å². The minimum absolute atomic E-state index is 0.0577. The molecule has 0 spiro atoms. The Balaban J connectivity index is 2.12. The Morgan fingerprint density at radius 1 is 1.32 bits per heavy atom. The SMILES string of the molecule is CC1CN(S(=O)(=O)c2cncc(Br)c2)c2ccccc2CN1. The van der Waals surface area contributed by atoms with Crippen molar-refractivity contribution in [3.05, 3.63) is 52.8 Å². The fraction of sp³-hybridized carbons (Fsp3) is 0.267. The monoisotopic (exact) mass is 381 g/mol. The summed E-state index contributed by atoms with van der Waals surface area (Å²) >= 11 is 3.28. The molecule has 0 bridgehead atoms. The summed E-state index contributed by atoms with van der Waals surface area (Å²) in [4.78, 5) is 4.16. The molecule has 0 amide bonds. The number of aromatic nitrogens is 1. The number of anilines is 1. The standard InChI is InChI=1S/C15H16BrN3O2S/c1-11-10-19(15-5-3-2-4-12(15)7-18-11)22(20,21)14-6-13(16)8-17-9-14/h2-6,8-9,11,18H,7,10H2,1H3. The summed E-state index contributed by atoms with van der Waals surface area (Å²) in [5.74, 6) is 0. The van der Waals surface area contributed by atoms with E-state index in [1.165, 1.54) is 10.5 Å². The third kappa shape index (κ3) is 2.88. The first-order valence-corrected chi connectivity index (χ1v) is 9.16. The molecule has 0 saturated carbocycles. The second-order valence-corrected chi connectivity index (χ2v) is 8.06. The van der Waals surface area contributed by atoms with Gasteiger partial charge in [-0.15, -0.1) is 0 Å². The number of rotatable bonds is 2. The van der Waals surface area contributed by atoms with Crippen molar-refractivity contribution >= 4 is 31.6 Å². The summed E-state index contributed by atoms with van der Waals surface area (Å²) in [6.45, 7) is 3.01. The maximum absolute atomic E-state index is 13.0. The molecule has 1 unspecified atom stereocenters. The average Bonchev–Trinajstić information content (AvgIpc) is 2.67. The van der Waals surface area contributed by atoms with E-state index >= 15 is 0 Å². The molecule has 0 aliphatic carbocycles. The lowest BCUT2D eigenvalue weighted by Gasteiger charge is -2.25. The lowest BCUT2D eigenvalue weighted by atomic mass is 10.2. The van der Waals surface area contributed by atoms with Gasteiger partial charge >= 0.3 is 0 Å². The number of hydrogen-bond donors (Lipinski definition) is 1. The van der Waals surface area contributed by atoms with Crippen LogP contribution < -0.4 is 9.62 Å². The highest BCUT2D eigenvalue weighted by atomic mass is 79.9. The number of hydrogen-bond acceptors (Lipinski definition) is 4. The van der Waals surface area contributed by atoms with Crippen LogP contribution in [0.4, 0.5) is 5.69 Å². The van der Waals surface area contributed by atoms with E-state index < -0.39 is 10.0 Å². The van der Waals surface area contributed by atoms with Crippen LogP contribution in [0.1, 0.15) is 12.5 Å². The molecule has 116 valence electrons. The summed E-state index contributed by atoms with van der Waals surface area (Å²) in [5, 5.41) is 3.33. The molecular formula is C15H16BrN3O2S. The normalized spacial score (nSPS) is 18.6. The maximum atomic E-state index is 13.0. The van der Waals surface area contributed by atoms with Gasteiger partial charge < -0.3 is 5.32 Å². The Morgan fingerprint density at radius 2 is 2.09 bits per heavy atom.